The van der Waals surface area contributed by atoms with Gasteiger partial charge in [0.25, 0.3) is 5.12 Å². The summed E-state index contributed by atoms with van der Waals surface area (Å²) < 4.78 is 4.81. The van der Waals surface area contributed by atoms with Crippen LogP contribution in [0, 0.1) is 0 Å². The van der Waals surface area contributed by atoms with E-state index in [1.54, 1.807) is 6.26 Å². The van der Waals surface area contributed by atoms with Gasteiger partial charge in [-0.05, 0) is 12.7 Å². The fourth-order valence-corrected chi connectivity index (χ4v) is 1.57. The lowest BCUT2D eigenvalue weighted by atomic mass is 10.2. The predicted molar refractivity (Wildman–Crippen MR) is 54.4 cm³/mol. The minimum Gasteiger partial charge on any atom is -0.423 e. The molecule has 1 atom stereocenters. The van der Waals surface area contributed by atoms with Gasteiger partial charge in [0.15, 0.2) is 0 Å². The molecule has 0 fully saturated rings. The SMILES string of the molecule is CCCCCC(O)(OC(C)=O)SC. The molecule has 0 aromatic rings. The minimum absolute atomic E-state index is 0.437. The summed E-state index contributed by atoms with van der Waals surface area (Å²) in [5, 5.41) is 8.42. The van der Waals surface area contributed by atoms with E-state index < -0.39 is 11.1 Å². The van der Waals surface area contributed by atoms with Crippen LogP contribution < -0.4 is 0 Å². The van der Waals surface area contributed by atoms with Crippen LogP contribution in [0.3, 0.4) is 0 Å². The molecule has 0 saturated heterocycles. The topological polar surface area (TPSA) is 46.5 Å². The highest BCUT2D eigenvalue weighted by molar-refractivity contribution is 7.99. The highest BCUT2D eigenvalue weighted by Crippen LogP contribution is 2.27. The van der Waals surface area contributed by atoms with Gasteiger partial charge in [-0.1, -0.05) is 31.5 Å². The zero-order valence-electron chi connectivity index (χ0n) is 8.50. The van der Waals surface area contributed by atoms with Gasteiger partial charge in [0.05, 0.1) is 0 Å². The van der Waals surface area contributed by atoms with E-state index in [1.165, 1.54) is 6.92 Å². The summed E-state index contributed by atoms with van der Waals surface area (Å²) in [6, 6.07) is 0. The maximum absolute atomic E-state index is 10.7. The summed E-state index contributed by atoms with van der Waals surface area (Å²) in [7, 11) is 0. The summed E-state index contributed by atoms with van der Waals surface area (Å²) in [5.74, 6) is -0.437. The molecule has 0 aliphatic heterocycles. The third kappa shape index (κ3) is 5.93. The quantitative estimate of drug-likeness (QED) is 0.411. The van der Waals surface area contributed by atoms with Crippen molar-refractivity contribution in [2.45, 2.75) is 44.6 Å². The first-order chi connectivity index (χ1) is 6.04. The second-order valence-corrected chi connectivity index (χ2v) is 4.01. The van der Waals surface area contributed by atoms with E-state index in [0.29, 0.717) is 6.42 Å². The van der Waals surface area contributed by atoms with Gasteiger partial charge in [0.1, 0.15) is 0 Å². The molecule has 13 heavy (non-hydrogen) atoms. The minimum atomic E-state index is -1.32. The first-order valence-electron chi connectivity index (χ1n) is 4.51. The van der Waals surface area contributed by atoms with Crippen LogP contribution in [0.1, 0.15) is 39.5 Å². The Kier molecular flexibility index (Phi) is 6.16. The van der Waals surface area contributed by atoms with Crippen molar-refractivity contribution >= 4 is 17.7 Å². The summed E-state index contributed by atoms with van der Waals surface area (Å²) >= 11 is 1.16. The Morgan fingerprint density at radius 2 is 2.15 bits per heavy atom. The van der Waals surface area contributed by atoms with Crippen LogP contribution in [0.4, 0.5) is 0 Å². The lowest BCUT2D eigenvalue weighted by molar-refractivity contribution is -0.175. The van der Waals surface area contributed by atoms with Crippen molar-refractivity contribution in [2.24, 2.45) is 0 Å². The molecule has 0 aliphatic rings. The second-order valence-electron chi connectivity index (χ2n) is 2.97. The lowest BCUT2D eigenvalue weighted by Gasteiger charge is -2.24. The Morgan fingerprint density at radius 3 is 2.54 bits per heavy atom. The second kappa shape index (κ2) is 6.27. The summed E-state index contributed by atoms with van der Waals surface area (Å²) in [5.41, 5.74) is 0. The van der Waals surface area contributed by atoms with E-state index in [0.717, 1.165) is 31.0 Å². The number of hydrogen-bond donors (Lipinski definition) is 1. The fraction of sp³-hybridized carbons (Fsp3) is 0.889. The highest BCUT2D eigenvalue weighted by atomic mass is 32.2. The molecule has 1 N–H and O–H groups in total. The molecule has 4 heteroatoms. The molecule has 0 aromatic heterocycles. The average molecular weight is 206 g/mol. The van der Waals surface area contributed by atoms with Gasteiger partial charge in [-0.15, -0.1) is 0 Å². The molecule has 0 spiro atoms. The molecule has 78 valence electrons. The van der Waals surface area contributed by atoms with E-state index in [2.05, 4.69) is 6.92 Å². The number of esters is 1. The molecule has 0 amide bonds. The zero-order valence-corrected chi connectivity index (χ0v) is 9.32. The zero-order chi connectivity index (χ0) is 10.3. The Balaban J connectivity index is 3.88. The Labute approximate surface area is 83.9 Å². The Hall–Kier alpha value is -0.220. The molecule has 0 aliphatic carbocycles. The van der Waals surface area contributed by atoms with Gasteiger partial charge in [-0.3, -0.25) is 4.79 Å². The van der Waals surface area contributed by atoms with Gasteiger partial charge in [-0.2, -0.15) is 0 Å². The van der Waals surface area contributed by atoms with Crippen molar-refractivity contribution in [3.8, 4) is 0 Å². The summed E-state index contributed by atoms with van der Waals surface area (Å²) in [4.78, 5) is 10.7. The molecule has 1 unspecified atom stereocenters. The van der Waals surface area contributed by atoms with Crippen molar-refractivity contribution in [3.05, 3.63) is 0 Å². The van der Waals surface area contributed by atoms with Gasteiger partial charge in [0, 0.05) is 13.3 Å². The number of carbonyl (C=O) groups is 1. The summed E-state index contributed by atoms with van der Waals surface area (Å²) in [6.45, 7) is 3.39. The predicted octanol–water partition coefficient (Wildman–Crippen LogP) is 2.14. The van der Waals surface area contributed by atoms with Crippen LogP contribution >= 0.6 is 11.8 Å². The third-order valence-corrected chi connectivity index (χ3v) is 2.64. The molecule has 3 nitrogen and oxygen atoms in total. The first-order valence-corrected chi connectivity index (χ1v) is 5.73. The van der Waals surface area contributed by atoms with E-state index in [4.69, 9.17) is 4.74 Å². The number of carbonyl (C=O) groups excluding carboxylic acids is 1. The Bertz CT molecular complexity index is 161. The van der Waals surface area contributed by atoms with E-state index in [9.17, 15) is 9.90 Å². The van der Waals surface area contributed by atoms with Crippen LogP contribution in [-0.4, -0.2) is 22.5 Å². The molecule has 0 aromatic carbocycles. The monoisotopic (exact) mass is 206 g/mol. The summed E-state index contributed by atoms with van der Waals surface area (Å²) in [6.07, 6.45) is 5.24. The molecule has 0 radical (unpaired) electrons. The van der Waals surface area contributed by atoms with Crippen molar-refractivity contribution in [1.82, 2.24) is 0 Å². The number of unbranched alkanes of at least 4 members (excludes halogenated alkanes) is 2. The van der Waals surface area contributed by atoms with Crippen molar-refractivity contribution in [2.75, 3.05) is 6.26 Å². The van der Waals surface area contributed by atoms with Crippen LogP contribution in [0.2, 0.25) is 0 Å². The molecule has 0 heterocycles. The van der Waals surface area contributed by atoms with E-state index in [-0.39, 0.29) is 0 Å². The van der Waals surface area contributed by atoms with Crippen molar-refractivity contribution in [3.63, 3.8) is 0 Å². The molecule has 0 bridgehead atoms. The lowest BCUT2D eigenvalue weighted by Crippen LogP contribution is -2.29. The number of rotatable bonds is 6. The number of aliphatic hydroxyl groups is 1. The number of ether oxygens (including phenoxy) is 1. The van der Waals surface area contributed by atoms with E-state index >= 15 is 0 Å². The molecule has 0 rings (SSSR count). The van der Waals surface area contributed by atoms with Gasteiger partial charge >= 0.3 is 5.97 Å². The van der Waals surface area contributed by atoms with Crippen molar-refractivity contribution in [1.29, 1.82) is 0 Å². The van der Waals surface area contributed by atoms with Crippen LogP contribution in [0.15, 0.2) is 0 Å². The van der Waals surface area contributed by atoms with Gasteiger partial charge < -0.3 is 9.84 Å². The molecule has 0 saturated carbocycles. The Morgan fingerprint density at radius 1 is 1.54 bits per heavy atom. The average Bonchev–Trinajstić information content (AvgIpc) is 2.04. The van der Waals surface area contributed by atoms with Crippen molar-refractivity contribution < 1.29 is 14.6 Å². The number of hydrogen-bond acceptors (Lipinski definition) is 4. The third-order valence-electron chi connectivity index (χ3n) is 1.72. The van der Waals surface area contributed by atoms with Crippen LogP contribution in [0.25, 0.3) is 0 Å². The van der Waals surface area contributed by atoms with Crippen LogP contribution in [-0.2, 0) is 9.53 Å². The smallest absolute Gasteiger partial charge is 0.305 e. The standard InChI is InChI=1S/C9H18O3S/c1-4-5-6-7-9(11,13-3)12-8(2)10/h11H,4-7H2,1-3H3. The molecular formula is C9H18O3S. The van der Waals surface area contributed by atoms with Gasteiger partial charge in [0.2, 0.25) is 0 Å². The highest BCUT2D eigenvalue weighted by Gasteiger charge is 2.28. The number of thioether (sulfide) groups is 1. The van der Waals surface area contributed by atoms with Gasteiger partial charge in [-0.25, -0.2) is 0 Å². The fourth-order valence-electron chi connectivity index (χ4n) is 1.02. The maximum atomic E-state index is 10.7. The maximum Gasteiger partial charge on any atom is 0.305 e. The molecular weight excluding hydrogens is 188 g/mol. The normalized spacial score (nSPS) is 15.1. The van der Waals surface area contributed by atoms with Crippen LogP contribution in [0.5, 0.6) is 0 Å². The van der Waals surface area contributed by atoms with E-state index in [1.807, 2.05) is 0 Å². The largest absolute Gasteiger partial charge is 0.423 e. The first kappa shape index (κ1) is 12.8.